The molecular formula is C14H23N3O4S. The number of aryl methyl sites for hydroxylation is 2. The highest BCUT2D eigenvalue weighted by molar-refractivity contribution is 7.89. The van der Waals surface area contributed by atoms with Crippen molar-refractivity contribution in [1.82, 2.24) is 14.1 Å². The van der Waals surface area contributed by atoms with Crippen LogP contribution >= 0.6 is 0 Å². The quantitative estimate of drug-likeness (QED) is 0.801. The second-order valence-electron chi connectivity index (χ2n) is 6.39. The van der Waals surface area contributed by atoms with E-state index in [1.54, 1.807) is 7.05 Å². The fourth-order valence-electron chi connectivity index (χ4n) is 3.50. The van der Waals surface area contributed by atoms with Crippen molar-refractivity contribution in [3.63, 3.8) is 0 Å². The Labute approximate surface area is 130 Å². The second kappa shape index (κ2) is 5.59. The molecule has 0 bridgehead atoms. The largest absolute Gasteiger partial charge is 0.393 e. The van der Waals surface area contributed by atoms with E-state index in [-0.39, 0.29) is 11.6 Å². The van der Waals surface area contributed by atoms with Crippen LogP contribution in [0.2, 0.25) is 0 Å². The third kappa shape index (κ3) is 2.58. The summed E-state index contributed by atoms with van der Waals surface area (Å²) in [5, 5.41) is 24.2. The Hall–Kier alpha value is -0.960. The Morgan fingerprint density at radius 2 is 2.00 bits per heavy atom. The molecule has 0 radical (unpaired) electrons. The van der Waals surface area contributed by atoms with Crippen LogP contribution in [0.5, 0.6) is 0 Å². The van der Waals surface area contributed by atoms with E-state index in [1.165, 1.54) is 8.99 Å². The lowest BCUT2D eigenvalue weighted by Crippen LogP contribution is -2.52. The van der Waals surface area contributed by atoms with Crippen LogP contribution in [0.3, 0.4) is 0 Å². The van der Waals surface area contributed by atoms with Crippen LogP contribution < -0.4 is 0 Å². The van der Waals surface area contributed by atoms with Crippen molar-refractivity contribution >= 4 is 10.0 Å². The summed E-state index contributed by atoms with van der Waals surface area (Å²) in [6, 6.07) is 0. The van der Waals surface area contributed by atoms with Gasteiger partial charge in [0.05, 0.1) is 12.3 Å². The first-order valence-corrected chi connectivity index (χ1v) is 9.19. The van der Waals surface area contributed by atoms with Gasteiger partial charge in [0.2, 0.25) is 0 Å². The third-order valence-electron chi connectivity index (χ3n) is 4.66. The van der Waals surface area contributed by atoms with Crippen LogP contribution in [-0.2, 0) is 29.9 Å². The van der Waals surface area contributed by atoms with Gasteiger partial charge in [-0.3, -0.25) is 4.68 Å². The van der Waals surface area contributed by atoms with Crippen LogP contribution in [0.25, 0.3) is 0 Å². The van der Waals surface area contributed by atoms with Gasteiger partial charge >= 0.3 is 0 Å². The highest BCUT2D eigenvalue weighted by Crippen LogP contribution is 2.31. The summed E-state index contributed by atoms with van der Waals surface area (Å²) in [6.45, 7) is -0.126. The Kier molecular flexibility index (Phi) is 4.05. The van der Waals surface area contributed by atoms with E-state index in [2.05, 4.69) is 5.10 Å². The number of aliphatic hydroxyl groups excluding tert-OH is 1. The minimum absolute atomic E-state index is 0.0637. The number of aliphatic hydroxyl groups is 2. The monoisotopic (exact) mass is 329 g/mol. The summed E-state index contributed by atoms with van der Waals surface area (Å²) in [5.74, 6) is 0. The summed E-state index contributed by atoms with van der Waals surface area (Å²) >= 11 is 0. The van der Waals surface area contributed by atoms with Gasteiger partial charge in [0.25, 0.3) is 10.0 Å². The van der Waals surface area contributed by atoms with E-state index in [0.717, 1.165) is 36.9 Å². The predicted octanol–water partition coefficient (Wildman–Crippen LogP) is -0.193. The number of hydrogen-bond donors (Lipinski definition) is 2. The molecular weight excluding hydrogens is 306 g/mol. The molecule has 3 rings (SSSR count). The average molecular weight is 329 g/mol. The van der Waals surface area contributed by atoms with E-state index in [1.807, 2.05) is 0 Å². The predicted molar refractivity (Wildman–Crippen MR) is 79.9 cm³/mol. The molecule has 1 saturated heterocycles. The normalized spacial score (nSPS) is 26.9. The topological polar surface area (TPSA) is 95.7 Å². The van der Waals surface area contributed by atoms with Gasteiger partial charge in [0.15, 0.2) is 5.03 Å². The number of aromatic nitrogens is 2. The minimum atomic E-state index is -3.71. The van der Waals surface area contributed by atoms with Gasteiger partial charge in [-0.1, -0.05) is 0 Å². The van der Waals surface area contributed by atoms with Crippen LogP contribution in [0, 0.1) is 0 Å². The zero-order valence-corrected chi connectivity index (χ0v) is 13.6. The summed E-state index contributed by atoms with van der Waals surface area (Å²) in [4.78, 5) is 0. The van der Waals surface area contributed by atoms with Crippen molar-refractivity contribution in [2.75, 3.05) is 19.7 Å². The first-order chi connectivity index (χ1) is 10.4. The van der Waals surface area contributed by atoms with Gasteiger partial charge in [0.1, 0.15) is 5.60 Å². The van der Waals surface area contributed by atoms with E-state index >= 15 is 0 Å². The van der Waals surface area contributed by atoms with Gasteiger partial charge in [-0.05, 0) is 38.5 Å². The number of hydrogen-bond acceptors (Lipinski definition) is 5. The maximum atomic E-state index is 13.0. The molecule has 2 heterocycles. The summed E-state index contributed by atoms with van der Waals surface area (Å²) in [7, 11) is -2.05. The fourth-order valence-corrected chi connectivity index (χ4v) is 5.43. The molecule has 2 aliphatic rings. The molecule has 7 nitrogen and oxygen atoms in total. The van der Waals surface area contributed by atoms with Crippen molar-refractivity contribution in [1.29, 1.82) is 0 Å². The molecule has 1 fully saturated rings. The molecule has 22 heavy (non-hydrogen) atoms. The molecule has 124 valence electrons. The lowest BCUT2D eigenvalue weighted by molar-refractivity contribution is -0.0497. The maximum Gasteiger partial charge on any atom is 0.260 e. The first-order valence-electron chi connectivity index (χ1n) is 7.75. The van der Waals surface area contributed by atoms with Crippen molar-refractivity contribution in [3.8, 4) is 0 Å². The Morgan fingerprint density at radius 3 is 2.73 bits per heavy atom. The Morgan fingerprint density at radius 1 is 1.27 bits per heavy atom. The number of rotatable bonds is 3. The van der Waals surface area contributed by atoms with Crippen LogP contribution in [0.4, 0.5) is 0 Å². The first kappa shape index (κ1) is 15.9. The fraction of sp³-hybridized carbons (Fsp3) is 0.786. The average Bonchev–Trinajstić information content (AvgIpc) is 2.83. The van der Waals surface area contributed by atoms with Crippen molar-refractivity contribution < 1.29 is 18.6 Å². The maximum absolute atomic E-state index is 13.0. The zero-order valence-electron chi connectivity index (χ0n) is 12.8. The molecule has 0 spiro atoms. The highest BCUT2D eigenvalue weighted by Gasteiger charge is 2.41. The number of piperidine rings is 1. The lowest BCUT2D eigenvalue weighted by atomic mass is 9.95. The van der Waals surface area contributed by atoms with Gasteiger partial charge < -0.3 is 10.2 Å². The van der Waals surface area contributed by atoms with E-state index in [0.29, 0.717) is 19.4 Å². The highest BCUT2D eigenvalue weighted by atomic mass is 32.2. The summed E-state index contributed by atoms with van der Waals surface area (Å²) < 4.78 is 28.8. The molecule has 0 aromatic carbocycles. The molecule has 8 heteroatoms. The standard InChI is InChI=1S/C14H23N3O4S/c1-16-13(11-5-2-3-6-12(11)15-16)22(20,21)17-8-4-7-14(19,9-17)10-18/h18-19H,2-10H2,1H3. The number of β-amino-alcohol motifs (C(OH)–C–C–N with tert-alkyl or cyclic N) is 1. The van der Waals surface area contributed by atoms with Crippen LogP contribution in [0.15, 0.2) is 5.03 Å². The smallest absolute Gasteiger partial charge is 0.260 e. The molecule has 1 aliphatic heterocycles. The van der Waals surface area contributed by atoms with Gasteiger partial charge in [-0.25, -0.2) is 8.42 Å². The molecule has 0 saturated carbocycles. The summed E-state index contributed by atoms with van der Waals surface area (Å²) in [6.07, 6.45) is 4.52. The molecule has 2 N–H and O–H groups in total. The number of fused-ring (bicyclic) bond motifs is 1. The van der Waals surface area contributed by atoms with Gasteiger partial charge in [0, 0.05) is 25.7 Å². The molecule has 1 aliphatic carbocycles. The molecule has 0 amide bonds. The SMILES string of the molecule is Cn1nc2c(c1S(=O)(=O)N1CCCC(O)(CO)C1)CCCC2. The minimum Gasteiger partial charge on any atom is -0.393 e. The second-order valence-corrected chi connectivity index (χ2v) is 8.24. The van der Waals surface area contributed by atoms with Gasteiger partial charge in [-0.15, -0.1) is 0 Å². The van der Waals surface area contributed by atoms with E-state index in [4.69, 9.17) is 0 Å². The Bertz CT molecular complexity index is 670. The van der Waals surface area contributed by atoms with Crippen molar-refractivity contribution in [3.05, 3.63) is 11.3 Å². The lowest BCUT2D eigenvalue weighted by Gasteiger charge is -2.37. The third-order valence-corrected chi connectivity index (χ3v) is 6.65. The molecule has 1 atom stereocenters. The van der Waals surface area contributed by atoms with Crippen LogP contribution in [-0.4, -0.2) is 58.0 Å². The van der Waals surface area contributed by atoms with Crippen molar-refractivity contribution in [2.24, 2.45) is 7.05 Å². The molecule has 1 aromatic heterocycles. The zero-order chi connectivity index (χ0) is 16.0. The summed E-state index contributed by atoms with van der Waals surface area (Å²) in [5.41, 5.74) is 0.359. The number of nitrogens with zero attached hydrogens (tertiary/aromatic N) is 3. The number of sulfonamides is 1. The van der Waals surface area contributed by atoms with E-state index in [9.17, 15) is 18.6 Å². The van der Waals surface area contributed by atoms with E-state index < -0.39 is 22.2 Å². The Balaban J connectivity index is 1.98. The molecule has 1 unspecified atom stereocenters. The molecule has 1 aromatic rings. The van der Waals surface area contributed by atoms with Crippen molar-refractivity contribution in [2.45, 2.75) is 49.2 Å². The van der Waals surface area contributed by atoms with Gasteiger partial charge in [-0.2, -0.15) is 9.40 Å². The van der Waals surface area contributed by atoms with Crippen LogP contribution in [0.1, 0.15) is 36.9 Å².